The van der Waals surface area contributed by atoms with Gasteiger partial charge in [0.25, 0.3) is 5.91 Å². The molecule has 0 radical (unpaired) electrons. The molecule has 2 aromatic carbocycles. The van der Waals surface area contributed by atoms with Crippen LogP contribution in [0.25, 0.3) is 0 Å². The number of fused-ring (bicyclic) bond motifs is 1. The zero-order valence-corrected chi connectivity index (χ0v) is 15.5. The van der Waals surface area contributed by atoms with E-state index in [9.17, 15) is 4.79 Å². The predicted molar refractivity (Wildman–Crippen MR) is 107 cm³/mol. The summed E-state index contributed by atoms with van der Waals surface area (Å²) in [6.07, 6.45) is 1.69. The van der Waals surface area contributed by atoms with E-state index in [4.69, 9.17) is 0 Å². The second-order valence-corrected chi connectivity index (χ2v) is 6.71. The molecule has 0 saturated heterocycles. The summed E-state index contributed by atoms with van der Waals surface area (Å²) in [5.41, 5.74) is 3.75. The van der Waals surface area contributed by atoms with E-state index in [0.29, 0.717) is 11.6 Å². The highest BCUT2D eigenvalue weighted by molar-refractivity contribution is 6.04. The summed E-state index contributed by atoms with van der Waals surface area (Å²) in [6, 6.07) is 17.4. The number of nitrogens with zero attached hydrogens (tertiary/aromatic N) is 4. The van der Waals surface area contributed by atoms with Crippen molar-refractivity contribution in [3.8, 4) is 0 Å². The second kappa shape index (κ2) is 6.72. The smallest absolute Gasteiger partial charge is 0.254 e. The maximum atomic E-state index is 12.9. The van der Waals surface area contributed by atoms with Crippen LogP contribution in [0.3, 0.4) is 0 Å². The van der Waals surface area contributed by atoms with Crippen LogP contribution < -0.4 is 15.1 Å². The molecule has 1 aliphatic heterocycles. The zero-order chi connectivity index (χ0) is 19.0. The fourth-order valence-electron chi connectivity index (χ4n) is 3.28. The first-order chi connectivity index (χ1) is 13.0. The van der Waals surface area contributed by atoms with Crippen LogP contribution in [0.4, 0.5) is 23.1 Å². The molecule has 27 heavy (non-hydrogen) atoms. The van der Waals surface area contributed by atoms with E-state index in [0.717, 1.165) is 17.1 Å². The van der Waals surface area contributed by atoms with Crippen molar-refractivity contribution < 1.29 is 4.79 Å². The molecule has 1 N–H and O–H groups in total. The average molecular weight is 359 g/mol. The number of hydrogen-bond donors (Lipinski definition) is 1. The van der Waals surface area contributed by atoms with Crippen LogP contribution in [0.5, 0.6) is 0 Å². The molecule has 3 aromatic rings. The van der Waals surface area contributed by atoms with Gasteiger partial charge in [-0.2, -0.15) is 4.98 Å². The molecule has 0 spiro atoms. The molecule has 0 fully saturated rings. The van der Waals surface area contributed by atoms with Crippen molar-refractivity contribution in [2.75, 3.05) is 29.2 Å². The summed E-state index contributed by atoms with van der Waals surface area (Å²) in [6.45, 7) is 2.05. The van der Waals surface area contributed by atoms with E-state index in [1.807, 2.05) is 73.5 Å². The van der Waals surface area contributed by atoms with Crippen molar-refractivity contribution in [3.63, 3.8) is 0 Å². The molecule has 1 atom stereocenters. The van der Waals surface area contributed by atoms with Crippen LogP contribution in [0.1, 0.15) is 17.2 Å². The minimum atomic E-state index is -0.411. The number of aromatic nitrogens is 2. The Labute approximate surface area is 158 Å². The molecule has 0 bridgehead atoms. The van der Waals surface area contributed by atoms with Gasteiger partial charge in [0.2, 0.25) is 5.95 Å². The maximum absolute atomic E-state index is 12.9. The quantitative estimate of drug-likeness (QED) is 0.773. The summed E-state index contributed by atoms with van der Waals surface area (Å²) >= 11 is 0. The highest BCUT2D eigenvalue weighted by Crippen LogP contribution is 2.38. The first kappa shape index (κ1) is 17.0. The molecule has 1 aliphatic rings. The third-order valence-electron chi connectivity index (χ3n) is 4.82. The Morgan fingerprint density at radius 3 is 2.41 bits per heavy atom. The molecule has 6 nitrogen and oxygen atoms in total. The van der Waals surface area contributed by atoms with E-state index in [1.54, 1.807) is 18.1 Å². The van der Waals surface area contributed by atoms with E-state index in [-0.39, 0.29) is 5.91 Å². The first-order valence-corrected chi connectivity index (χ1v) is 8.80. The largest absolute Gasteiger partial charge is 0.342 e. The van der Waals surface area contributed by atoms with Gasteiger partial charge in [-0.3, -0.25) is 4.79 Å². The van der Waals surface area contributed by atoms with Gasteiger partial charge in [-0.05, 0) is 24.6 Å². The Hall–Kier alpha value is -3.41. The Morgan fingerprint density at radius 1 is 1.00 bits per heavy atom. The van der Waals surface area contributed by atoms with E-state index >= 15 is 0 Å². The Balaban J connectivity index is 1.70. The summed E-state index contributed by atoms with van der Waals surface area (Å²) in [5.74, 6) is 1.22. The highest BCUT2D eigenvalue weighted by Gasteiger charge is 2.37. The molecule has 0 unspecified atom stereocenters. The molecule has 6 heteroatoms. The van der Waals surface area contributed by atoms with Crippen molar-refractivity contribution in [1.82, 2.24) is 9.97 Å². The van der Waals surface area contributed by atoms with Gasteiger partial charge >= 0.3 is 0 Å². The Kier molecular flexibility index (Phi) is 4.24. The van der Waals surface area contributed by atoms with Gasteiger partial charge in [0.05, 0.1) is 6.20 Å². The van der Waals surface area contributed by atoms with Crippen molar-refractivity contribution in [1.29, 1.82) is 0 Å². The minimum Gasteiger partial charge on any atom is -0.342 e. The van der Waals surface area contributed by atoms with Crippen molar-refractivity contribution >= 4 is 29.0 Å². The number of nitrogens with one attached hydrogen (secondary N) is 1. The number of benzene rings is 2. The van der Waals surface area contributed by atoms with Gasteiger partial charge < -0.3 is 15.1 Å². The zero-order valence-electron chi connectivity index (χ0n) is 15.5. The SMILES string of the molecule is Cc1ccc(Nc2ncc3c(n2)N(C)[C@H](c2ccccc2)C(=O)N3C)cc1. The van der Waals surface area contributed by atoms with Gasteiger partial charge in [0.1, 0.15) is 11.7 Å². The maximum Gasteiger partial charge on any atom is 0.254 e. The number of amides is 1. The minimum absolute atomic E-state index is 0.000885. The lowest BCUT2D eigenvalue weighted by molar-refractivity contribution is -0.120. The van der Waals surface area contributed by atoms with Crippen LogP contribution in [-0.2, 0) is 4.79 Å². The molecular formula is C21H21N5O. The summed E-state index contributed by atoms with van der Waals surface area (Å²) in [4.78, 5) is 25.5. The number of carbonyl (C=O) groups excluding carboxylic acids is 1. The van der Waals surface area contributed by atoms with Crippen LogP contribution in [-0.4, -0.2) is 30.0 Å². The number of carbonyl (C=O) groups is 1. The van der Waals surface area contributed by atoms with Gasteiger partial charge in [-0.1, -0.05) is 48.0 Å². The normalized spacial score (nSPS) is 16.3. The van der Waals surface area contributed by atoms with Crippen molar-refractivity contribution in [2.45, 2.75) is 13.0 Å². The summed E-state index contributed by atoms with van der Waals surface area (Å²) in [7, 11) is 3.66. The van der Waals surface area contributed by atoms with Gasteiger partial charge in [-0.15, -0.1) is 0 Å². The van der Waals surface area contributed by atoms with Gasteiger partial charge in [0, 0.05) is 19.8 Å². The van der Waals surface area contributed by atoms with Crippen LogP contribution in [0.15, 0.2) is 60.8 Å². The van der Waals surface area contributed by atoms with Crippen LogP contribution in [0.2, 0.25) is 0 Å². The second-order valence-electron chi connectivity index (χ2n) is 6.71. The lowest BCUT2D eigenvalue weighted by Gasteiger charge is -2.38. The summed E-state index contributed by atoms with van der Waals surface area (Å²) in [5, 5.41) is 3.23. The topological polar surface area (TPSA) is 61.4 Å². The fourth-order valence-corrected chi connectivity index (χ4v) is 3.28. The Bertz CT molecular complexity index is 972. The molecular weight excluding hydrogens is 338 g/mol. The molecule has 0 aliphatic carbocycles. The number of rotatable bonds is 3. The molecule has 1 amide bonds. The van der Waals surface area contributed by atoms with Crippen molar-refractivity contribution in [2.24, 2.45) is 0 Å². The standard InChI is InChI=1S/C21H21N5O/c1-14-9-11-16(12-10-14)23-21-22-13-17-19(24-21)26(3)18(20(27)25(17)2)15-7-5-4-6-8-15/h4-13,18H,1-3H3,(H,22,23,24)/t18-/m1/s1. The molecule has 136 valence electrons. The van der Waals surface area contributed by atoms with Gasteiger partial charge in [0.15, 0.2) is 5.82 Å². The van der Waals surface area contributed by atoms with Gasteiger partial charge in [-0.25, -0.2) is 4.98 Å². The Morgan fingerprint density at radius 2 is 1.70 bits per heavy atom. The van der Waals surface area contributed by atoms with Crippen molar-refractivity contribution in [3.05, 3.63) is 71.9 Å². The third-order valence-corrected chi connectivity index (χ3v) is 4.82. The lowest BCUT2D eigenvalue weighted by atomic mass is 10.0. The third kappa shape index (κ3) is 3.10. The van der Waals surface area contributed by atoms with Crippen LogP contribution in [0, 0.1) is 6.92 Å². The molecule has 2 heterocycles. The number of anilines is 4. The summed E-state index contributed by atoms with van der Waals surface area (Å²) < 4.78 is 0. The number of hydrogen-bond acceptors (Lipinski definition) is 5. The molecule has 0 saturated carbocycles. The molecule has 4 rings (SSSR count). The van der Waals surface area contributed by atoms with E-state index < -0.39 is 6.04 Å². The predicted octanol–water partition coefficient (Wildman–Crippen LogP) is 3.68. The number of aryl methyl sites for hydroxylation is 1. The highest BCUT2D eigenvalue weighted by atomic mass is 16.2. The van der Waals surface area contributed by atoms with Crippen LogP contribution >= 0.6 is 0 Å². The fraction of sp³-hybridized carbons (Fsp3) is 0.190. The number of likely N-dealkylation sites (N-methyl/N-ethyl adjacent to an activating group) is 2. The average Bonchev–Trinajstić information content (AvgIpc) is 2.69. The monoisotopic (exact) mass is 359 g/mol. The van der Waals surface area contributed by atoms with E-state index in [1.165, 1.54) is 5.56 Å². The lowest BCUT2D eigenvalue weighted by Crippen LogP contribution is -2.45. The van der Waals surface area contributed by atoms with E-state index in [2.05, 4.69) is 15.3 Å². The first-order valence-electron chi connectivity index (χ1n) is 8.80. The molecule has 1 aromatic heterocycles.